The summed E-state index contributed by atoms with van der Waals surface area (Å²) in [7, 11) is 4.93. The van der Waals surface area contributed by atoms with Gasteiger partial charge in [0.05, 0.1) is 21.3 Å². The Hall–Kier alpha value is -1.64. The number of hydrogen-bond acceptors (Lipinski definition) is 3. The molecule has 3 heteroatoms. The van der Waals surface area contributed by atoms with Gasteiger partial charge in [0, 0.05) is 17.7 Å². The first-order valence-corrected chi connectivity index (χ1v) is 5.54. The number of allylic oxidation sites excluding steroid dienone is 2. The highest BCUT2D eigenvalue weighted by molar-refractivity contribution is 5.51. The number of benzene rings is 1. The Kier molecular flexibility index (Phi) is 4.88. The highest BCUT2D eigenvalue weighted by atomic mass is 16.5. The average molecular weight is 236 g/mol. The molecule has 17 heavy (non-hydrogen) atoms. The van der Waals surface area contributed by atoms with Crippen molar-refractivity contribution in [1.29, 1.82) is 0 Å². The summed E-state index contributed by atoms with van der Waals surface area (Å²) < 4.78 is 16.0. The molecule has 0 aliphatic rings. The van der Waals surface area contributed by atoms with E-state index < -0.39 is 0 Å². The molecular weight excluding hydrogens is 216 g/mol. The summed E-state index contributed by atoms with van der Waals surface area (Å²) in [6, 6.07) is 3.74. The largest absolute Gasteiger partial charge is 0.496 e. The molecule has 0 saturated carbocycles. The van der Waals surface area contributed by atoms with Gasteiger partial charge in [-0.05, 0) is 20.3 Å². The van der Waals surface area contributed by atoms with Crippen LogP contribution in [0.2, 0.25) is 0 Å². The third-order valence-corrected chi connectivity index (χ3v) is 2.53. The molecule has 1 aromatic rings. The van der Waals surface area contributed by atoms with E-state index in [1.807, 2.05) is 12.1 Å². The molecule has 0 heterocycles. The molecule has 0 aliphatic heterocycles. The lowest BCUT2D eigenvalue weighted by Gasteiger charge is -2.14. The fraction of sp³-hybridized carbons (Fsp3) is 0.429. The van der Waals surface area contributed by atoms with Crippen molar-refractivity contribution in [3.63, 3.8) is 0 Å². The first-order valence-electron chi connectivity index (χ1n) is 5.54. The van der Waals surface area contributed by atoms with Crippen LogP contribution in [-0.2, 0) is 6.42 Å². The molecule has 0 atom stereocenters. The second kappa shape index (κ2) is 6.18. The SMILES string of the molecule is COc1cc(OC)c(CC=C(C)C)c(OC)c1. The fourth-order valence-corrected chi connectivity index (χ4v) is 1.59. The average Bonchev–Trinajstić information content (AvgIpc) is 2.34. The van der Waals surface area contributed by atoms with Gasteiger partial charge in [-0.3, -0.25) is 0 Å². The van der Waals surface area contributed by atoms with E-state index >= 15 is 0 Å². The van der Waals surface area contributed by atoms with Crippen LogP contribution in [0.5, 0.6) is 17.2 Å². The minimum Gasteiger partial charge on any atom is -0.496 e. The zero-order chi connectivity index (χ0) is 12.8. The molecule has 0 fully saturated rings. The lowest BCUT2D eigenvalue weighted by molar-refractivity contribution is 0.370. The van der Waals surface area contributed by atoms with Crippen LogP contribution >= 0.6 is 0 Å². The summed E-state index contributed by atoms with van der Waals surface area (Å²) in [5.41, 5.74) is 2.31. The van der Waals surface area contributed by atoms with Gasteiger partial charge in [0.25, 0.3) is 0 Å². The van der Waals surface area contributed by atoms with Crippen LogP contribution in [0.25, 0.3) is 0 Å². The maximum absolute atomic E-state index is 5.37. The molecule has 3 nitrogen and oxygen atoms in total. The molecule has 0 bridgehead atoms. The molecule has 0 radical (unpaired) electrons. The van der Waals surface area contributed by atoms with Crippen molar-refractivity contribution in [3.8, 4) is 17.2 Å². The van der Waals surface area contributed by atoms with E-state index in [2.05, 4.69) is 19.9 Å². The monoisotopic (exact) mass is 236 g/mol. The maximum Gasteiger partial charge on any atom is 0.129 e. The smallest absolute Gasteiger partial charge is 0.129 e. The summed E-state index contributed by atoms with van der Waals surface area (Å²) in [5, 5.41) is 0. The standard InChI is InChI=1S/C14H20O3/c1-10(2)6-7-12-13(16-4)8-11(15-3)9-14(12)17-5/h6,8-9H,7H2,1-5H3. The summed E-state index contributed by atoms with van der Waals surface area (Å²) in [5.74, 6) is 2.32. The van der Waals surface area contributed by atoms with E-state index in [9.17, 15) is 0 Å². The van der Waals surface area contributed by atoms with Crippen molar-refractivity contribution in [2.45, 2.75) is 20.3 Å². The minimum atomic E-state index is 0.736. The van der Waals surface area contributed by atoms with Gasteiger partial charge in [-0.25, -0.2) is 0 Å². The van der Waals surface area contributed by atoms with Gasteiger partial charge in [-0.2, -0.15) is 0 Å². The van der Waals surface area contributed by atoms with Crippen LogP contribution < -0.4 is 14.2 Å². The van der Waals surface area contributed by atoms with Crippen LogP contribution in [0, 0.1) is 0 Å². The summed E-state index contributed by atoms with van der Waals surface area (Å²) in [6.07, 6.45) is 2.94. The van der Waals surface area contributed by atoms with E-state index in [0.29, 0.717) is 0 Å². The molecule has 94 valence electrons. The predicted octanol–water partition coefficient (Wildman–Crippen LogP) is 3.22. The third kappa shape index (κ3) is 3.41. The first kappa shape index (κ1) is 13.4. The highest BCUT2D eigenvalue weighted by Gasteiger charge is 2.11. The van der Waals surface area contributed by atoms with E-state index in [1.165, 1.54) is 5.57 Å². The molecule has 0 amide bonds. The quantitative estimate of drug-likeness (QED) is 0.735. The van der Waals surface area contributed by atoms with Gasteiger partial charge in [-0.1, -0.05) is 11.6 Å². The lowest BCUT2D eigenvalue weighted by Crippen LogP contribution is -1.97. The Morgan fingerprint density at radius 2 is 1.53 bits per heavy atom. The number of methoxy groups -OCH3 is 3. The van der Waals surface area contributed by atoms with Gasteiger partial charge in [0.2, 0.25) is 0 Å². The molecule has 1 aromatic carbocycles. The van der Waals surface area contributed by atoms with Gasteiger partial charge in [0.15, 0.2) is 0 Å². The zero-order valence-corrected chi connectivity index (χ0v) is 11.2. The van der Waals surface area contributed by atoms with Crippen molar-refractivity contribution in [3.05, 3.63) is 29.3 Å². The van der Waals surface area contributed by atoms with Crippen molar-refractivity contribution < 1.29 is 14.2 Å². The minimum absolute atomic E-state index is 0.736. The van der Waals surface area contributed by atoms with E-state index in [1.54, 1.807) is 21.3 Å². The van der Waals surface area contributed by atoms with Gasteiger partial charge in [-0.15, -0.1) is 0 Å². The highest BCUT2D eigenvalue weighted by Crippen LogP contribution is 2.34. The topological polar surface area (TPSA) is 27.7 Å². The first-order chi connectivity index (χ1) is 8.12. The number of hydrogen-bond donors (Lipinski definition) is 0. The lowest BCUT2D eigenvalue weighted by atomic mass is 10.1. The van der Waals surface area contributed by atoms with Crippen LogP contribution in [0.15, 0.2) is 23.8 Å². The summed E-state index contributed by atoms with van der Waals surface area (Å²) in [4.78, 5) is 0. The van der Waals surface area contributed by atoms with Crippen molar-refractivity contribution in [2.24, 2.45) is 0 Å². The Labute approximate surface area is 103 Å². The third-order valence-electron chi connectivity index (χ3n) is 2.53. The number of rotatable bonds is 5. The zero-order valence-electron chi connectivity index (χ0n) is 11.2. The molecule has 1 rings (SSSR count). The van der Waals surface area contributed by atoms with Crippen molar-refractivity contribution >= 4 is 0 Å². The van der Waals surface area contributed by atoms with E-state index in [4.69, 9.17) is 14.2 Å². The van der Waals surface area contributed by atoms with Crippen LogP contribution in [0.1, 0.15) is 19.4 Å². The predicted molar refractivity (Wildman–Crippen MR) is 69.2 cm³/mol. The normalized spacial score (nSPS) is 9.71. The second-order valence-electron chi connectivity index (χ2n) is 4.00. The Morgan fingerprint density at radius 1 is 1.00 bits per heavy atom. The maximum atomic E-state index is 5.37. The molecule has 0 saturated heterocycles. The fourth-order valence-electron chi connectivity index (χ4n) is 1.59. The molecular formula is C14H20O3. The van der Waals surface area contributed by atoms with Crippen molar-refractivity contribution in [2.75, 3.05) is 21.3 Å². The van der Waals surface area contributed by atoms with Crippen LogP contribution in [0.4, 0.5) is 0 Å². The van der Waals surface area contributed by atoms with Crippen molar-refractivity contribution in [1.82, 2.24) is 0 Å². The Balaban J connectivity index is 3.19. The number of ether oxygens (including phenoxy) is 3. The van der Waals surface area contributed by atoms with E-state index in [-0.39, 0.29) is 0 Å². The van der Waals surface area contributed by atoms with Crippen LogP contribution in [0.3, 0.4) is 0 Å². The van der Waals surface area contributed by atoms with Gasteiger partial charge in [0.1, 0.15) is 17.2 Å². The van der Waals surface area contributed by atoms with E-state index in [0.717, 1.165) is 29.2 Å². The molecule has 0 N–H and O–H groups in total. The summed E-state index contributed by atoms with van der Waals surface area (Å²) >= 11 is 0. The van der Waals surface area contributed by atoms with Gasteiger partial charge >= 0.3 is 0 Å². The van der Waals surface area contributed by atoms with Gasteiger partial charge < -0.3 is 14.2 Å². The van der Waals surface area contributed by atoms with Crippen LogP contribution in [-0.4, -0.2) is 21.3 Å². The molecule has 0 spiro atoms. The molecule has 0 unspecified atom stereocenters. The summed E-state index contributed by atoms with van der Waals surface area (Å²) in [6.45, 7) is 4.14. The Morgan fingerprint density at radius 3 is 1.88 bits per heavy atom. The molecule has 0 aromatic heterocycles. The molecule has 0 aliphatic carbocycles. The Bertz CT molecular complexity index is 379. The second-order valence-corrected chi connectivity index (χ2v) is 4.00.